The van der Waals surface area contributed by atoms with E-state index in [1.165, 1.54) is 0 Å². The van der Waals surface area contributed by atoms with Gasteiger partial charge in [-0.05, 0) is 24.6 Å². The van der Waals surface area contributed by atoms with Crippen molar-refractivity contribution >= 4 is 31.9 Å². The molecule has 0 radical (unpaired) electrons. The quantitative estimate of drug-likeness (QED) is 0.375. The smallest absolute Gasteiger partial charge is 0.265 e. The van der Waals surface area contributed by atoms with Gasteiger partial charge in [-0.3, -0.25) is 0 Å². The van der Waals surface area contributed by atoms with Gasteiger partial charge in [-0.15, -0.1) is 0 Å². The molecule has 0 unspecified atom stereocenters. The fourth-order valence-corrected chi connectivity index (χ4v) is 5.06. The van der Waals surface area contributed by atoms with Crippen molar-refractivity contribution in [1.82, 2.24) is 9.97 Å². The highest BCUT2D eigenvalue weighted by Crippen LogP contribution is 2.46. The van der Waals surface area contributed by atoms with Crippen LogP contribution < -0.4 is 0 Å². The van der Waals surface area contributed by atoms with Crippen molar-refractivity contribution in [3.8, 4) is 0 Å². The van der Waals surface area contributed by atoms with E-state index in [0.29, 0.717) is 0 Å². The number of fused-ring (bicyclic) bond motifs is 2. The average molecular weight is 431 g/mol. The number of aromatic amines is 2. The minimum absolute atomic E-state index is 0.734. The van der Waals surface area contributed by atoms with Gasteiger partial charge in [-0.25, -0.2) is 4.18 Å². The Morgan fingerprint density at radius 2 is 1.23 bits per heavy atom. The molecule has 2 N–H and O–H groups in total. The van der Waals surface area contributed by atoms with Crippen molar-refractivity contribution in [2.45, 2.75) is 12.5 Å². The zero-order chi connectivity index (χ0) is 21.6. The molecule has 156 valence electrons. The minimum atomic E-state index is -3.86. The topological polar surface area (TPSA) is 75.0 Å². The predicted molar refractivity (Wildman–Crippen MR) is 124 cm³/mol. The second-order valence-electron chi connectivity index (χ2n) is 7.83. The summed E-state index contributed by atoms with van der Waals surface area (Å²) in [7, 11) is -3.86. The normalized spacial score (nSPS) is 12.6. The van der Waals surface area contributed by atoms with Crippen molar-refractivity contribution in [3.05, 3.63) is 107 Å². The van der Waals surface area contributed by atoms with Crippen LogP contribution in [0, 0.1) is 6.92 Å². The minimum Gasteiger partial charge on any atom is -0.361 e. The van der Waals surface area contributed by atoms with Crippen molar-refractivity contribution in [2.24, 2.45) is 0 Å². The number of para-hydroxylation sites is 2. The van der Waals surface area contributed by atoms with Crippen LogP contribution in [0.3, 0.4) is 0 Å². The second-order valence-corrected chi connectivity index (χ2v) is 9.41. The van der Waals surface area contributed by atoms with Gasteiger partial charge in [0.15, 0.2) is 5.60 Å². The SMILES string of the molecule is Cc1ccc(C(OS(C)(=O)=O)(c2c[nH]c3ccccc23)c2c[nH]c3ccccc23)cc1. The summed E-state index contributed by atoms with van der Waals surface area (Å²) in [6.45, 7) is 2.00. The van der Waals surface area contributed by atoms with E-state index in [1.807, 2.05) is 92.1 Å². The van der Waals surface area contributed by atoms with Crippen molar-refractivity contribution in [1.29, 1.82) is 0 Å². The Morgan fingerprint density at radius 3 is 1.71 bits per heavy atom. The lowest BCUT2D eigenvalue weighted by Crippen LogP contribution is -2.34. The van der Waals surface area contributed by atoms with Crippen LogP contribution in [0.1, 0.15) is 22.3 Å². The molecule has 5 rings (SSSR count). The summed E-state index contributed by atoms with van der Waals surface area (Å²) in [5, 5.41) is 1.80. The maximum atomic E-state index is 12.7. The third kappa shape index (κ3) is 3.24. The first-order valence-electron chi connectivity index (χ1n) is 9.99. The number of hydrogen-bond acceptors (Lipinski definition) is 3. The van der Waals surface area contributed by atoms with Crippen LogP contribution in [0.15, 0.2) is 85.2 Å². The van der Waals surface area contributed by atoms with E-state index in [1.54, 1.807) is 0 Å². The highest BCUT2D eigenvalue weighted by molar-refractivity contribution is 7.86. The van der Waals surface area contributed by atoms with Gasteiger partial charge < -0.3 is 9.97 Å². The maximum absolute atomic E-state index is 12.7. The Balaban J connectivity index is 1.96. The van der Waals surface area contributed by atoms with Crippen molar-refractivity contribution in [2.75, 3.05) is 6.26 Å². The van der Waals surface area contributed by atoms with Crippen LogP contribution in [0.25, 0.3) is 21.8 Å². The molecular weight excluding hydrogens is 408 g/mol. The molecule has 31 heavy (non-hydrogen) atoms. The monoisotopic (exact) mass is 430 g/mol. The summed E-state index contributed by atoms with van der Waals surface area (Å²) < 4.78 is 31.5. The van der Waals surface area contributed by atoms with E-state index in [-0.39, 0.29) is 0 Å². The number of H-pyrrole nitrogens is 2. The molecule has 5 nitrogen and oxygen atoms in total. The molecule has 0 fully saturated rings. The summed E-state index contributed by atoms with van der Waals surface area (Å²) >= 11 is 0. The molecule has 0 saturated carbocycles. The molecule has 5 aromatic rings. The second kappa shape index (κ2) is 7.11. The molecule has 2 heterocycles. The van der Waals surface area contributed by atoms with Gasteiger partial charge >= 0.3 is 0 Å². The third-order valence-corrected chi connectivity index (χ3v) is 6.22. The number of rotatable bonds is 5. The van der Waals surface area contributed by atoms with Gasteiger partial charge in [-0.2, -0.15) is 8.42 Å². The van der Waals surface area contributed by atoms with Crippen molar-refractivity contribution in [3.63, 3.8) is 0 Å². The van der Waals surface area contributed by atoms with Gasteiger partial charge in [0.2, 0.25) is 0 Å². The average Bonchev–Trinajstić information content (AvgIpc) is 3.37. The van der Waals surface area contributed by atoms with Gasteiger partial charge in [0, 0.05) is 45.3 Å². The molecule has 0 atom stereocenters. The zero-order valence-corrected chi connectivity index (χ0v) is 18.0. The van der Waals surface area contributed by atoms with Crippen LogP contribution >= 0.6 is 0 Å². The van der Waals surface area contributed by atoms with Crippen LogP contribution in [-0.4, -0.2) is 24.6 Å². The van der Waals surface area contributed by atoms with Gasteiger partial charge in [0.05, 0.1) is 6.26 Å². The Morgan fingerprint density at radius 1 is 0.742 bits per heavy atom. The molecule has 3 aromatic carbocycles. The molecular formula is C25H22N2O3S. The largest absolute Gasteiger partial charge is 0.361 e. The fraction of sp³-hybridized carbons (Fsp3) is 0.120. The van der Waals surface area contributed by atoms with Gasteiger partial charge in [0.1, 0.15) is 0 Å². The van der Waals surface area contributed by atoms with Crippen LogP contribution in [0.5, 0.6) is 0 Å². The lowest BCUT2D eigenvalue weighted by molar-refractivity contribution is 0.169. The summed E-state index contributed by atoms with van der Waals surface area (Å²) in [5.74, 6) is 0. The number of aromatic nitrogens is 2. The standard InChI is InChI=1S/C25H22N2O3S/c1-17-11-13-18(14-12-17)25(30-31(2,28)29,21-15-26-23-9-5-3-7-19(21)23)22-16-27-24-10-6-4-8-20(22)24/h3-16,26-27H,1-2H3. The van der Waals surface area contributed by atoms with E-state index < -0.39 is 15.7 Å². The van der Waals surface area contributed by atoms with Gasteiger partial charge in [-0.1, -0.05) is 66.2 Å². The molecule has 0 aliphatic rings. The lowest BCUT2D eigenvalue weighted by atomic mass is 9.80. The number of benzene rings is 3. The van der Waals surface area contributed by atoms with E-state index in [0.717, 1.165) is 50.3 Å². The number of aryl methyl sites for hydroxylation is 1. The first-order chi connectivity index (χ1) is 14.9. The summed E-state index contributed by atoms with van der Waals surface area (Å²) in [6, 6.07) is 23.5. The van der Waals surface area contributed by atoms with Crippen molar-refractivity contribution < 1.29 is 12.6 Å². The van der Waals surface area contributed by atoms with Crippen LogP contribution in [0.2, 0.25) is 0 Å². The molecule has 0 aliphatic heterocycles. The molecule has 0 amide bonds. The van der Waals surface area contributed by atoms with E-state index in [2.05, 4.69) is 9.97 Å². The van der Waals surface area contributed by atoms with Crippen LogP contribution in [-0.2, 0) is 19.9 Å². The molecule has 0 aliphatic carbocycles. The van der Waals surface area contributed by atoms with Gasteiger partial charge in [0.25, 0.3) is 10.1 Å². The molecule has 0 spiro atoms. The van der Waals surface area contributed by atoms with E-state index in [9.17, 15) is 8.42 Å². The van der Waals surface area contributed by atoms with E-state index in [4.69, 9.17) is 4.18 Å². The first kappa shape index (κ1) is 19.6. The summed E-state index contributed by atoms with van der Waals surface area (Å²) in [6.07, 6.45) is 4.79. The Kier molecular flexibility index (Phi) is 4.50. The fourth-order valence-electron chi connectivity index (χ4n) is 4.33. The zero-order valence-electron chi connectivity index (χ0n) is 17.2. The number of hydrogen-bond donors (Lipinski definition) is 2. The Hall–Kier alpha value is -3.35. The Labute approximate surface area is 180 Å². The molecule has 0 bridgehead atoms. The van der Waals surface area contributed by atoms with Crippen LogP contribution in [0.4, 0.5) is 0 Å². The first-order valence-corrected chi connectivity index (χ1v) is 11.8. The number of nitrogens with one attached hydrogen (secondary N) is 2. The Bertz CT molecular complexity index is 1420. The summed E-state index contributed by atoms with van der Waals surface area (Å²) in [5.41, 5.74) is 3.73. The molecule has 0 saturated heterocycles. The third-order valence-electron chi connectivity index (χ3n) is 5.67. The molecule has 6 heteroatoms. The predicted octanol–water partition coefficient (Wildman–Crippen LogP) is 5.23. The maximum Gasteiger partial charge on any atom is 0.265 e. The lowest BCUT2D eigenvalue weighted by Gasteiger charge is -2.33. The highest BCUT2D eigenvalue weighted by atomic mass is 32.2. The van der Waals surface area contributed by atoms with E-state index >= 15 is 0 Å². The summed E-state index contributed by atoms with van der Waals surface area (Å²) in [4.78, 5) is 6.57. The highest BCUT2D eigenvalue weighted by Gasteiger charge is 2.44. The molecule has 2 aromatic heterocycles.